The number of thioether (sulfide) groups is 1. The molecule has 2 aliphatic heterocycles. The summed E-state index contributed by atoms with van der Waals surface area (Å²) in [6, 6.07) is 8.72. The van der Waals surface area contributed by atoms with Gasteiger partial charge in [0.2, 0.25) is 5.91 Å². The molecule has 2 atom stereocenters. The number of rotatable bonds is 3. The Labute approximate surface area is 130 Å². The number of amides is 1. The number of likely N-dealkylation sites (N-methyl/N-ethyl adjacent to an activating group) is 1. The summed E-state index contributed by atoms with van der Waals surface area (Å²) in [6.45, 7) is 1.84. The lowest BCUT2D eigenvalue weighted by Crippen LogP contribution is -2.43. The molecule has 3 rings (SSSR count). The van der Waals surface area contributed by atoms with Crippen LogP contribution in [0.1, 0.15) is 24.3 Å². The van der Waals surface area contributed by atoms with E-state index in [0.717, 1.165) is 31.7 Å². The Morgan fingerprint density at radius 1 is 1.45 bits per heavy atom. The highest BCUT2D eigenvalue weighted by Crippen LogP contribution is 2.41. The van der Waals surface area contributed by atoms with Crippen LogP contribution in [0, 0.1) is 0 Å². The van der Waals surface area contributed by atoms with Crippen LogP contribution in [-0.2, 0) is 4.79 Å². The van der Waals surface area contributed by atoms with Crippen molar-refractivity contribution in [2.75, 3.05) is 25.9 Å². The van der Waals surface area contributed by atoms with E-state index in [9.17, 15) is 4.79 Å². The third-order valence-electron chi connectivity index (χ3n) is 4.10. The fourth-order valence-electron chi connectivity index (χ4n) is 3.14. The Hall–Kier alpha value is -0.710. The average molecular weight is 313 g/mol. The maximum atomic E-state index is 12.8. The quantitative estimate of drug-likeness (QED) is 0.931. The van der Waals surface area contributed by atoms with Crippen molar-refractivity contribution in [2.24, 2.45) is 0 Å². The van der Waals surface area contributed by atoms with E-state index in [1.807, 2.05) is 24.9 Å². The second kappa shape index (κ2) is 6.83. The molecule has 2 aliphatic rings. The highest BCUT2D eigenvalue weighted by Gasteiger charge is 2.36. The van der Waals surface area contributed by atoms with Crippen molar-refractivity contribution in [3.05, 3.63) is 29.8 Å². The summed E-state index contributed by atoms with van der Waals surface area (Å²) in [7, 11) is 1.96. The molecular weight excluding hydrogens is 292 g/mol. The summed E-state index contributed by atoms with van der Waals surface area (Å²) in [5.74, 6) is 1.30. The van der Waals surface area contributed by atoms with E-state index in [-0.39, 0.29) is 18.3 Å². The number of nitrogens with zero attached hydrogens (tertiary/aromatic N) is 1. The minimum atomic E-state index is 0. The van der Waals surface area contributed by atoms with E-state index in [2.05, 4.69) is 28.4 Å². The molecule has 3 nitrogen and oxygen atoms in total. The molecule has 0 aromatic heterocycles. The van der Waals surface area contributed by atoms with E-state index in [1.54, 1.807) is 0 Å². The lowest BCUT2D eigenvalue weighted by Gasteiger charge is -2.27. The molecule has 1 aromatic carbocycles. The Morgan fingerprint density at radius 3 is 3.05 bits per heavy atom. The third kappa shape index (κ3) is 2.83. The molecule has 0 saturated carbocycles. The van der Waals surface area contributed by atoms with Crippen LogP contribution in [0.4, 0.5) is 0 Å². The van der Waals surface area contributed by atoms with Crippen molar-refractivity contribution < 1.29 is 4.79 Å². The highest BCUT2D eigenvalue weighted by molar-refractivity contribution is 7.99. The predicted molar refractivity (Wildman–Crippen MR) is 85.8 cm³/mol. The lowest BCUT2D eigenvalue weighted by atomic mass is 9.99. The monoisotopic (exact) mass is 312 g/mol. The average Bonchev–Trinajstić information content (AvgIpc) is 3.04. The molecule has 20 heavy (non-hydrogen) atoms. The van der Waals surface area contributed by atoms with Gasteiger partial charge >= 0.3 is 0 Å². The van der Waals surface area contributed by atoms with Gasteiger partial charge in [-0.2, -0.15) is 0 Å². The van der Waals surface area contributed by atoms with Gasteiger partial charge in [-0.05, 0) is 31.5 Å². The molecular formula is C15H21ClN2OS. The first-order chi connectivity index (χ1) is 9.31. The van der Waals surface area contributed by atoms with E-state index in [1.165, 1.54) is 10.5 Å². The molecule has 1 N–H and O–H groups in total. The highest BCUT2D eigenvalue weighted by atomic mass is 35.5. The largest absolute Gasteiger partial charge is 0.338 e. The predicted octanol–water partition coefficient (Wildman–Crippen LogP) is 2.51. The van der Waals surface area contributed by atoms with E-state index in [0.29, 0.717) is 11.9 Å². The van der Waals surface area contributed by atoms with Gasteiger partial charge in [-0.1, -0.05) is 18.2 Å². The number of halogens is 1. The molecule has 2 unspecified atom stereocenters. The van der Waals surface area contributed by atoms with Crippen molar-refractivity contribution in [2.45, 2.75) is 29.7 Å². The normalized spacial score (nSPS) is 24.4. The van der Waals surface area contributed by atoms with Gasteiger partial charge in [-0.25, -0.2) is 0 Å². The molecule has 0 bridgehead atoms. The van der Waals surface area contributed by atoms with Crippen LogP contribution in [0.15, 0.2) is 29.2 Å². The summed E-state index contributed by atoms with van der Waals surface area (Å²) < 4.78 is 0. The minimum Gasteiger partial charge on any atom is -0.338 e. The Kier molecular flexibility index (Phi) is 5.35. The molecule has 1 aromatic rings. The van der Waals surface area contributed by atoms with Gasteiger partial charge in [0.05, 0.1) is 5.92 Å². The number of hydrogen-bond donors (Lipinski definition) is 1. The van der Waals surface area contributed by atoms with Gasteiger partial charge in [0.15, 0.2) is 0 Å². The Morgan fingerprint density at radius 2 is 2.25 bits per heavy atom. The van der Waals surface area contributed by atoms with E-state index >= 15 is 0 Å². The van der Waals surface area contributed by atoms with E-state index < -0.39 is 0 Å². The Balaban J connectivity index is 0.00000147. The first kappa shape index (κ1) is 15.7. The SMILES string of the molecule is CNCC1CCCN1C(=O)C1CSc2ccccc21.Cl. The zero-order chi connectivity index (χ0) is 13.2. The van der Waals surface area contributed by atoms with Crippen LogP contribution in [0.2, 0.25) is 0 Å². The van der Waals surface area contributed by atoms with Crippen LogP contribution in [-0.4, -0.2) is 42.7 Å². The van der Waals surface area contributed by atoms with E-state index in [4.69, 9.17) is 0 Å². The number of carbonyl (C=O) groups is 1. The summed E-state index contributed by atoms with van der Waals surface area (Å²) in [5, 5.41) is 3.21. The standard InChI is InChI=1S/C15H20N2OS.ClH/c1-16-9-11-5-4-8-17(11)15(18)13-10-19-14-7-3-2-6-12(13)14;/h2-3,6-7,11,13,16H,4-5,8-10H2,1H3;1H. The van der Waals surface area contributed by atoms with Crippen LogP contribution in [0.25, 0.3) is 0 Å². The molecule has 1 fully saturated rings. The minimum absolute atomic E-state index is 0. The topological polar surface area (TPSA) is 32.3 Å². The molecule has 1 amide bonds. The number of carbonyl (C=O) groups excluding carboxylic acids is 1. The first-order valence-corrected chi connectivity index (χ1v) is 7.96. The van der Waals surface area contributed by atoms with Crippen molar-refractivity contribution in [1.82, 2.24) is 10.2 Å². The smallest absolute Gasteiger partial charge is 0.231 e. The van der Waals surface area contributed by atoms with Gasteiger partial charge < -0.3 is 10.2 Å². The zero-order valence-corrected chi connectivity index (χ0v) is 13.3. The van der Waals surface area contributed by atoms with Crippen LogP contribution in [0.5, 0.6) is 0 Å². The number of likely N-dealkylation sites (tertiary alicyclic amines) is 1. The second-order valence-corrected chi connectivity index (χ2v) is 6.35. The first-order valence-electron chi connectivity index (χ1n) is 6.98. The van der Waals surface area contributed by atoms with Gasteiger partial charge in [0.25, 0.3) is 0 Å². The molecule has 0 aliphatic carbocycles. The van der Waals surface area contributed by atoms with Crippen LogP contribution >= 0.6 is 24.2 Å². The molecule has 0 spiro atoms. The summed E-state index contributed by atoms with van der Waals surface area (Å²) in [6.07, 6.45) is 2.27. The van der Waals surface area contributed by atoms with Gasteiger partial charge in [0.1, 0.15) is 0 Å². The number of hydrogen-bond acceptors (Lipinski definition) is 3. The number of nitrogens with one attached hydrogen (secondary N) is 1. The number of fused-ring (bicyclic) bond motifs is 1. The maximum Gasteiger partial charge on any atom is 0.231 e. The second-order valence-electron chi connectivity index (χ2n) is 5.29. The lowest BCUT2D eigenvalue weighted by molar-refractivity contribution is -0.133. The summed E-state index contributed by atoms with van der Waals surface area (Å²) in [4.78, 5) is 16.2. The van der Waals surface area contributed by atoms with Gasteiger partial charge in [-0.3, -0.25) is 4.79 Å². The summed E-state index contributed by atoms with van der Waals surface area (Å²) >= 11 is 1.81. The fourth-order valence-corrected chi connectivity index (χ4v) is 4.36. The molecule has 2 heterocycles. The maximum absolute atomic E-state index is 12.8. The van der Waals surface area contributed by atoms with Crippen molar-refractivity contribution in [3.8, 4) is 0 Å². The van der Waals surface area contributed by atoms with Crippen molar-refractivity contribution in [3.63, 3.8) is 0 Å². The number of benzene rings is 1. The van der Waals surface area contributed by atoms with Crippen molar-refractivity contribution >= 4 is 30.1 Å². The molecule has 0 radical (unpaired) electrons. The molecule has 1 saturated heterocycles. The van der Waals surface area contributed by atoms with Crippen molar-refractivity contribution in [1.29, 1.82) is 0 Å². The fraction of sp³-hybridized carbons (Fsp3) is 0.533. The zero-order valence-electron chi connectivity index (χ0n) is 11.7. The third-order valence-corrected chi connectivity index (χ3v) is 5.28. The van der Waals surface area contributed by atoms with Crippen LogP contribution in [0.3, 0.4) is 0 Å². The Bertz CT molecular complexity index is 483. The van der Waals surface area contributed by atoms with Gasteiger partial charge in [0, 0.05) is 29.8 Å². The van der Waals surface area contributed by atoms with Gasteiger partial charge in [-0.15, -0.1) is 24.2 Å². The molecule has 5 heteroatoms. The summed E-state index contributed by atoms with van der Waals surface area (Å²) in [5.41, 5.74) is 1.23. The molecule has 110 valence electrons. The van der Waals surface area contributed by atoms with Crippen LogP contribution < -0.4 is 5.32 Å².